The zero-order chi connectivity index (χ0) is 13.0. The molecule has 98 valence electrons. The van der Waals surface area contributed by atoms with Crippen molar-refractivity contribution in [2.45, 2.75) is 52.1 Å². The van der Waals surface area contributed by atoms with Crippen molar-refractivity contribution < 1.29 is 9.52 Å². The maximum Gasteiger partial charge on any atom is 0.0938 e. The molecule has 1 fully saturated rings. The summed E-state index contributed by atoms with van der Waals surface area (Å²) in [5, 5.41) is 10.5. The molecular formula is C16H22O2. The number of furan rings is 1. The number of hydrogen-bond acceptors (Lipinski definition) is 2. The Bertz CT molecular complexity index is 469. The molecular weight excluding hydrogens is 224 g/mol. The van der Waals surface area contributed by atoms with Crippen LogP contribution < -0.4 is 0 Å². The van der Waals surface area contributed by atoms with E-state index < -0.39 is 0 Å². The van der Waals surface area contributed by atoms with Crippen LogP contribution in [0.25, 0.3) is 0 Å². The van der Waals surface area contributed by atoms with Crippen LogP contribution in [-0.2, 0) is 0 Å². The first-order chi connectivity index (χ1) is 8.45. The molecule has 1 saturated carbocycles. The first-order valence-corrected chi connectivity index (χ1v) is 6.88. The van der Waals surface area contributed by atoms with Gasteiger partial charge in [0.25, 0.3) is 0 Å². The lowest BCUT2D eigenvalue weighted by Gasteiger charge is -2.46. The summed E-state index contributed by atoms with van der Waals surface area (Å²) in [6.07, 6.45) is 8.85. The zero-order valence-corrected chi connectivity index (χ0v) is 11.4. The van der Waals surface area contributed by atoms with Crippen LogP contribution >= 0.6 is 0 Å². The predicted octanol–water partition coefficient (Wildman–Crippen LogP) is 3.88. The summed E-state index contributed by atoms with van der Waals surface area (Å²) in [5.74, 6) is 0.158. The van der Waals surface area contributed by atoms with E-state index in [1.165, 1.54) is 18.4 Å². The minimum absolute atomic E-state index is 0.0883. The van der Waals surface area contributed by atoms with Crippen LogP contribution in [0.5, 0.6) is 0 Å². The quantitative estimate of drug-likeness (QED) is 0.763. The van der Waals surface area contributed by atoms with Gasteiger partial charge in [0.05, 0.1) is 18.6 Å². The second kappa shape index (κ2) is 3.74. The highest BCUT2D eigenvalue weighted by molar-refractivity contribution is 5.39. The average Bonchev–Trinajstić information content (AvgIpc) is 2.84. The molecule has 1 N–H and O–H groups in total. The lowest BCUT2D eigenvalue weighted by Crippen LogP contribution is -2.36. The Morgan fingerprint density at radius 3 is 2.72 bits per heavy atom. The van der Waals surface area contributed by atoms with Gasteiger partial charge in [0.2, 0.25) is 0 Å². The molecule has 2 heteroatoms. The third-order valence-electron chi connectivity index (χ3n) is 5.11. The zero-order valence-electron chi connectivity index (χ0n) is 11.4. The third kappa shape index (κ3) is 1.51. The predicted molar refractivity (Wildman–Crippen MR) is 71.3 cm³/mol. The molecule has 3 rings (SSSR count). The van der Waals surface area contributed by atoms with Crippen molar-refractivity contribution in [2.24, 2.45) is 10.8 Å². The van der Waals surface area contributed by atoms with Crippen LogP contribution in [0.2, 0.25) is 0 Å². The van der Waals surface area contributed by atoms with Crippen molar-refractivity contribution in [3.63, 3.8) is 0 Å². The van der Waals surface area contributed by atoms with Gasteiger partial charge in [-0.3, -0.25) is 0 Å². The van der Waals surface area contributed by atoms with E-state index in [-0.39, 0.29) is 22.9 Å². The number of fused-ring (bicyclic) bond motifs is 1. The van der Waals surface area contributed by atoms with Gasteiger partial charge in [0, 0.05) is 5.92 Å². The molecule has 0 spiro atoms. The molecule has 1 aromatic heterocycles. The van der Waals surface area contributed by atoms with Gasteiger partial charge in [0.15, 0.2) is 0 Å². The summed E-state index contributed by atoms with van der Waals surface area (Å²) >= 11 is 0. The van der Waals surface area contributed by atoms with Crippen LogP contribution in [-0.4, -0.2) is 11.2 Å². The van der Waals surface area contributed by atoms with E-state index >= 15 is 0 Å². The summed E-state index contributed by atoms with van der Waals surface area (Å²) in [6, 6.07) is 2.00. The smallest absolute Gasteiger partial charge is 0.0938 e. The van der Waals surface area contributed by atoms with Gasteiger partial charge in [-0.05, 0) is 35.3 Å². The Morgan fingerprint density at radius 1 is 1.28 bits per heavy atom. The molecule has 3 atom stereocenters. The van der Waals surface area contributed by atoms with Crippen molar-refractivity contribution >= 4 is 0 Å². The normalized spacial score (nSPS) is 38.3. The highest BCUT2D eigenvalue weighted by Crippen LogP contribution is 2.61. The fraction of sp³-hybridized carbons (Fsp3) is 0.625. The van der Waals surface area contributed by atoms with Crippen LogP contribution in [0, 0.1) is 10.8 Å². The highest BCUT2D eigenvalue weighted by atomic mass is 16.3. The first kappa shape index (κ1) is 12.0. The Balaban J connectivity index is 2.06. The lowest BCUT2D eigenvalue weighted by molar-refractivity contribution is 0.116. The van der Waals surface area contributed by atoms with E-state index in [0.717, 1.165) is 12.0 Å². The number of aliphatic hydroxyl groups excluding tert-OH is 1. The molecule has 0 bridgehead atoms. The second-order valence-electron chi connectivity index (χ2n) is 6.76. The summed E-state index contributed by atoms with van der Waals surface area (Å²) in [7, 11) is 0. The Hall–Kier alpha value is -1.02. The summed E-state index contributed by atoms with van der Waals surface area (Å²) in [4.78, 5) is 0. The SMILES string of the molecule is CC1(C)CCC[C@]2(C)C1=C[C@H](O)[C@H]2c1ccoc1. The first-order valence-electron chi connectivity index (χ1n) is 6.88. The van der Waals surface area contributed by atoms with Crippen molar-refractivity contribution in [1.82, 2.24) is 0 Å². The van der Waals surface area contributed by atoms with E-state index in [2.05, 4.69) is 26.8 Å². The Kier molecular flexibility index (Phi) is 2.50. The van der Waals surface area contributed by atoms with Crippen molar-refractivity contribution in [3.8, 4) is 0 Å². The molecule has 0 amide bonds. The molecule has 2 aliphatic rings. The van der Waals surface area contributed by atoms with Crippen LogP contribution in [0.1, 0.15) is 51.5 Å². The third-order valence-corrected chi connectivity index (χ3v) is 5.11. The van der Waals surface area contributed by atoms with Gasteiger partial charge in [0.1, 0.15) is 0 Å². The lowest BCUT2D eigenvalue weighted by atomic mass is 9.58. The Labute approximate surface area is 109 Å². The topological polar surface area (TPSA) is 33.4 Å². The number of rotatable bonds is 1. The summed E-state index contributed by atoms with van der Waals surface area (Å²) in [5.41, 5.74) is 2.88. The maximum absolute atomic E-state index is 10.5. The molecule has 18 heavy (non-hydrogen) atoms. The summed E-state index contributed by atoms with van der Waals surface area (Å²) in [6.45, 7) is 6.93. The molecule has 0 radical (unpaired) electrons. The summed E-state index contributed by atoms with van der Waals surface area (Å²) < 4.78 is 5.22. The standard InChI is InChI=1S/C16H22O2/c1-15(2)6-4-7-16(3)13(15)9-12(17)14(16)11-5-8-18-10-11/h5,8-10,12,14,17H,4,6-7H2,1-3H3/t12-,14+,16+/m0/s1. The molecule has 0 aliphatic heterocycles. The van der Waals surface area contributed by atoms with Gasteiger partial charge in [-0.25, -0.2) is 0 Å². The highest BCUT2D eigenvalue weighted by Gasteiger charge is 2.52. The second-order valence-corrected chi connectivity index (χ2v) is 6.76. The largest absolute Gasteiger partial charge is 0.472 e. The van der Waals surface area contributed by atoms with E-state index in [9.17, 15) is 5.11 Å². The number of hydrogen-bond donors (Lipinski definition) is 1. The molecule has 1 aromatic rings. The van der Waals surface area contributed by atoms with E-state index in [0.29, 0.717) is 0 Å². The van der Waals surface area contributed by atoms with Gasteiger partial charge in [-0.2, -0.15) is 0 Å². The minimum atomic E-state index is -0.375. The monoisotopic (exact) mass is 246 g/mol. The van der Waals surface area contributed by atoms with Gasteiger partial charge < -0.3 is 9.52 Å². The van der Waals surface area contributed by atoms with Crippen LogP contribution in [0.4, 0.5) is 0 Å². The Morgan fingerprint density at radius 2 is 2.06 bits per heavy atom. The maximum atomic E-state index is 10.5. The molecule has 0 aromatic carbocycles. The van der Waals surface area contributed by atoms with Crippen LogP contribution in [0.15, 0.2) is 34.7 Å². The average molecular weight is 246 g/mol. The van der Waals surface area contributed by atoms with Gasteiger partial charge >= 0.3 is 0 Å². The van der Waals surface area contributed by atoms with E-state index in [4.69, 9.17) is 4.42 Å². The fourth-order valence-electron chi connectivity index (χ4n) is 4.34. The van der Waals surface area contributed by atoms with Crippen LogP contribution in [0.3, 0.4) is 0 Å². The number of allylic oxidation sites excluding steroid dienone is 1. The van der Waals surface area contributed by atoms with E-state index in [1.807, 2.05) is 6.07 Å². The van der Waals surface area contributed by atoms with Gasteiger partial charge in [-0.15, -0.1) is 0 Å². The molecule has 0 saturated heterocycles. The fourth-order valence-corrected chi connectivity index (χ4v) is 4.34. The van der Waals surface area contributed by atoms with Gasteiger partial charge in [-0.1, -0.05) is 38.8 Å². The molecule has 2 aliphatic carbocycles. The van der Waals surface area contributed by atoms with Crippen molar-refractivity contribution in [1.29, 1.82) is 0 Å². The number of aliphatic hydroxyl groups is 1. The van der Waals surface area contributed by atoms with E-state index in [1.54, 1.807) is 12.5 Å². The van der Waals surface area contributed by atoms with Crippen molar-refractivity contribution in [2.75, 3.05) is 0 Å². The molecule has 0 unspecified atom stereocenters. The van der Waals surface area contributed by atoms with Crippen molar-refractivity contribution in [3.05, 3.63) is 35.8 Å². The minimum Gasteiger partial charge on any atom is -0.472 e. The molecule has 2 nitrogen and oxygen atoms in total. The molecule has 1 heterocycles.